The fraction of sp³-hybridized carbons (Fsp3) is 0.714. The van der Waals surface area contributed by atoms with Gasteiger partial charge in [0.25, 0.3) is 0 Å². The van der Waals surface area contributed by atoms with Crippen molar-refractivity contribution in [1.82, 2.24) is 0 Å². The molecular formula is C7H12N2OS. The van der Waals surface area contributed by atoms with E-state index in [9.17, 15) is 4.79 Å². The molecule has 3 nitrogen and oxygen atoms in total. The first-order chi connectivity index (χ1) is 5.20. The first-order valence-corrected chi connectivity index (χ1v) is 4.61. The lowest BCUT2D eigenvalue weighted by atomic mass is 9.99. The molecule has 0 saturated heterocycles. The molecule has 0 aromatic carbocycles. The van der Waals surface area contributed by atoms with Crippen molar-refractivity contribution < 1.29 is 4.79 Å². The first-order valence-electron chi connectivity index (χ1n) is 3.73. The average molecular weight is 172 g/mol. The van der Waals surface area contributed by atoms with Crippen LogP contribution in [-0.4, -0.2) is 16.2 Å². The van der Waals surface area contributed by atoms with E-state index >= 15 is 0 Å². The smallest absolute Gasteiger partial charge is 0.151 e. The third-order valence-electron chi connectivity index (χ3n) is 1.77. The van der Waals surface area contributed by atoms with E-state index in [0.29, 0.717) is 6.42 Å². The molecule has 0 bridgehead atoms. The zero-order valence-corrected chi connectivity index (χ0v) is 7.12. The lowest BCUT2D eigenvalue weighted by Crippen LogP contribution is -2.24. The molecule has 3 N–H and O–H groups in total. The van der Waals surface area contributed by atoms with Gasteiger partial charge in [-0.3, -0.25) is 10.2 Å². The maximum absolute atomic E-state index is 11.2. The predicted molar refractivity (Wildman–Crippen MR) is 46.8 cm³/mol. The highest BCUT2D eigenvalue weighted by atomic mass is 32.2. The minimum Gasteiger partial charge on any atom is -0.379 e. The van der Waals surface area contributed by atoms with Crippen LogP contribution in [0.15, 0.2) is 0 Å². The first kappa shape index (κ1) is 8.59. The molecule has 0 aliphatic heterocycles. The maximum atomic E-state index is 11.2. The molecule has 1 rings (SSSR count). The van der Waals surface area contributed by atoms with Crippen molar-refractivity contribution >= 4 is 22.7 Å². The second-order valence-corrected chi connectivity index (χ2v) is 3.93. The molecule has 0 heterocycles. The molecule has 0 amide bonds. The molecule has 11 heavy (non-hydrogen) atoms. The van der Waals surface area contributed by atoms with Crippen LogP contribution in [0.5, 0.6) is 0 Å². The van der Waals surface area contributed by atoms with Crippen LogP contribution in [0.1, 0.15) is 25.7 Å². The summed E-state index contributed by atoms with van der Waals surface area (Å²) in [6.07, 6.45) is 3.67. The summed E-state index contributed by atoms with van der Waals surface area (Å²) >= 11 is 1.20. The predicted octanol–water partition coefficient (Wildman–Crippen LogP) is 1.12. The van der Waals surface area contributed by atoms with E-state index in [2.05, 4.69) is 0 Å². The van der Waals surface area contributed by atoms with Crippen LogP contribution >= 0.6 is 11.8 Å². The largest absolute Gasteiger partial charge is 0.379 e. The molecule has 1 aliphatic carbocycles. The molecule has 4 heteroatoms. The lowest BCUT2D eigenvalue weighted by molar-refractivity contribution is -0.119. The number of hydrogen-bond acceptors (Lipinski definition) is 3. The number of hydrogen-bond donors (Lipinski definition) is 2. The monoisotopic (exact) mass is 172 g/mol. The Hall–Kier alpha value is -0.510. The van der Waals surface area contributed by atoms with Crippen LogP contribution in [0.4, 0.5) is 0 Å². The van der Waals surface area contributed by atoms with Gasteiger partial charge in [-0.05, 0) is 12.8 Å². The van der Waals surface area contributed by atoms with Gasteiger partial charge >= 0.3 is 0 Å². The normalized spacial score (nSPS) is 25.1. The molecule has 1 fully saturated rings. The van der Waals surface area contributed by atoms with Gasteiger partial charge in [-0.2, -0.15) is 0 Å². The zero-order chi connectivity index (χ0) is 8.27. The summed E-state index contributed by atoms with van der Waals surface area (Å²) in [5.41, 5.74) is 5.18. The maximum Gasteiger partial charge on any atom is 0.151 e. The van der Waals surface area contributed by atoms with E-state index < -0.39 is 0 Å². The summed E-state index contributed by atoms with van der Waals surface area (Å²) in [5, 5.41) is 7.04. The highest BCUT2D eigenvalue weighted by Crippen LogP contribution is 2.24. The molecule has 1 saturated carbocycles. The Morgan fingerprint density at radius 1 is 1.64 bits per heavy atom. The lowest BCUT2D eigenvalue weighted by Gasteiger charge is -2.18. The summed E-state index contributed by atoms with van der Waals surface area (Å²) in [5.74, 6) is 0.261. The van der Waals surface area contributed by atoms with Crippen molar-refractivity contribution in [2.75, 3.05) is 0 Å². The molecule has 1 aliphatic rings. The van der Waals surface area contributed by atoms with Gasteiger partial charge in [0.2, 0.25) is 0 Å². The van der Waals surface area contributed by atoms with Gasteiger partial charge in [0.1, 0.15) is 5.78 Å². The minimum atomic E-state index is -0.0266. The Kier molecular flexibility index (Phi) is 2.93. The Labute approximate surface area is 70.2 Å². The molecule has 62 valence electrons. The second-order valence-electron chi connectivity index (χ2n) is 2.68. The summed E-state index contributed by atoms with van der Waals surface area (Å²) in [4.78, 5) is 11.2. The summed E-state index contributed by atoms with van der Waals surface area (Å²) in [6.45, 7) is 0. The van der Waals surface area contributed by atoms with Crippen LogP contribution in [0, 0.1) is 5.41 Å². The quantitative estimate of drug-likeness (QED) is 0.460. The van der Waals surface area contributed by atoms with Crippen LogP contribution in [0.3, 0.4) is 0 Å². The molecule has 0 radical (unpaired) electrons. The van der Waals surface area contributed by atoms with Gasteiger partial charge in [-0.25, -0.2) is 0 Å². The Morgan fingerprint density at radius 3 is 2.91 bits per heavy atom. The number of rotatable bonds is 1. The average Bonchev–Trinajstić information content (AvgIpc) is 1.93. The van der Waals surface area contributed by atoms with Gasteiger partial charge in [0, 0.05) is 6.42 Å². The van der Waals surface area contributed by atoms with E-state index in [0.717, 1.165) is 19.3 Å². The number of amidine groups is 1. The van der Waals surface area contributed by atoms with E-state index in [4.69, 9.17) is 11.1 Å². The number of carbonyl (C=O) groups excluding carboxylic acids is 1. The van der Waals surface area contributed by atoms with Gasteiger partial charge in [0.05, 0.1) is 5.25 Å². The molecule has 1 atom stereocenters. The molecule has 0 spiro atoms. The Balaban J connectivity index is 2.42. The Bertz CT molecular complexity index is 181. The second kappa shape index (κ2) is 3.76. The third-order valence-corrected chi connectivity index (χ3v) is 2.80. The van der Waals surface area contributed by atoms with Crippen molar-refractivity contribution in [1.29, 1.82) is 5.41 Å². The van der Waals surface area contributed by atoms with Gasteiger partial charge < -0.3 is 5.73 Å². The van der Waals surface area contributed by atoms with Crippen LogP contribution in [0.25, 0.3) is 0 Å². The number of thioether (sulfide) groups is 1. The van der Waals surface area contributed by atoms with Crippen LogP contribution < -0.4 is 5.73 Å². The van der Waals surface area contributed by atoms with Gasteiger partial charge in [-0.15, -0.1) is 0 Å². The number of ketones is 1. The number of Topliss-reactive ketones (excluding diaryl/α,β-unsaturated/α-hetero) is 1. The molecule has 0 aromatic heterocycles. The Morgan fingerprint density at radius 2 is 2.36 bits per heavy atom. The number of nitrogens with one attached hydrogen (secondary N) is 1. The minimum absolute atomic E-state index is 0.0266. The fourth-order valence-electron chi connectivity index (χ4n) is 1.23. The van der Waals surface area contributed by atoms with Crippen LogP contribution in [0.2, 0.25) is 0 Å². The van der Waals surface area contributed by atoms with Gasteiger partial charge in [-0.1, -0.05) is 18.2 Å². The van der Waals surface area contributed by atoms with E-state index in [1.54, 1.807) is 0 Å². The van der Waals surface area contributed by atoms with E-state index in [-0.39, 0.29) is 16.2 Å². The van der Waals surface area contributed by atoms with Crippen molar-refractivity contribution in [3.63, 3.8) is 0 Å². The van der Waals surface area contributed by atoms with Crippen molar-refractivity contribution in [2.24, 2.45) is 5.73 Å². The number of carbonyl (C=O) groups is 1. The highest BCUT2D eigenvalue weighted by Gasteiger charge is 2.23. The molecular weight excluding hydrogens is 160 g/mol. The molecule has 1 unspecified atom stereocenters. The third kappa shape index (κ3) is 2.54. The van der Waals surface area contributed by atoms with E-state index in [1.807, 2.05) is 0 Å². The highest BCUT2D eigenvalue weighted by molar-refractivity contribution is 8.14. The van der Waals surface area contributed by atoms with Gasteiger partial charge in [0.15, 0.2) is 5.17 Å². The zero-order valence-electron chi connectivity index (χ0n) is 6.30. The standard InChI is InChI=1S/C7H12N2OS/c8-7(9)11-6-4-2-1-3-5(6)10/h6H,1-4H2,(H3,8,9). The summed E-state index contributed by atoms with van der Waals surface area (Å²) < 4.78 is 0. The fourth-order valence-corrected chi connectivity index (χ4v) is 2.07. The van der Waals surface area contributed by atoms with Crippen LogP contribution in [-0.2, 0) is 4.79 Å². The summed E-state index contributed by atoms with van der Waals surface area (Å²) in [7, 11) is 0. The topological polar surface area (TPSA) is 66.9 Å². The van der Waals surface area contributed by atoms with Crippen molar-refractivity contribution in [2.45, 2.75) is 30.9 Å². The van der Waals surface area contributed by atoms with Crippen molar-refractivity contribution in [3.05, 3.63) is 0 Å². The van der Waals surface area contributed by atoms with Crippen molar-refractivity contribution in [3.8, 4) is 0 Å². The molecule has 0 aromatic rings. The number of nitrogens with two attached hydrogens (primary N) is 1. The SMILES string of the molecule is N=C(N)SC1CCCCC1=O. The van der Waals surface area contributed by atoms with E-state index in [1.165, 1.54) is 11.8 Å². The summed E-state index contributed by atoms with van der Waals surface area (Å²) in [6, 6.07) is 0.